The average Bonchev–Trinajstić information content (AvgIpc) is 2.73. The van der Waals surface area contributed by atoms with E-state index in [9.17, 15) is 9.59 Å². The molecule has 1 atom stereocenters. The molecule has 0 unspecified atom stereocenters. The summed E-state index contributed by atoms with van der Waals surface area (Å²) in [5, 5.41) is 2.60. The number of fused-ring (bicyclic) bond motifs is 1. The molecular weight excluding hydrogens is 284 g/mol. The van der Waals surface area contributed by atoms with Crippen molar-refractivity contribution in [2.75, 3.05) is 11.5 Å². The van der Waals surface area contributed by atoms with E-state index >= 15 is 0 Å². The molecule has 3 rings (SSSR count). The van der Waals surface area contributed by atoms with Crippen molar-refractivity contribution in [3.63, 3.8) is 0 Å². The first kappa shape index (κ1) is 13.9. The molecule has 19 heavy (non-hydrogen) atoms. The van der Waals surface area contributed by atoms with E-state index in [1.807, 2.05) is 24.0 Å². The lowest BCUT2D eigenvalue weighted by Gasteiger charge is -2.39. The summed E-state index contributed by atoms with van der Waals surface area (Å²) in [5.74, 6) is 0.697. The predicted octanol–water partition coefficient (Wildman–Crippen LogP) is 0.883. The highest BCUT2D eigenvalue weighted by molar-refractivity contribution is 8.00. The van der Waals surface area contributed by atoms with Gasteiger partial charge in [0.2, 0.25) is 11.8 Å². The highest BCUT2D eigenvalue weighted by Crippen LogP contribution is 2.32. The highest BCUT2D eigenvalue weighted by Gasteiger charge is 2.35. The van der Waals surface area contributed by atoms with Gasteiger partial charge < -0.3 is 10.6 Å². The van der Waals surface area contributed by atoms with Crippen LogP contribution in [0.1, 0.15) is 12.1 Å². The second kappa shape index (κ2) is 6.07. The number of thioether (sulfide) groups is 1. The molecule has 1 aromatic heterocycles. The van der Waals surface area contributed by atoms with Crippen LogP contribution in [0.25, 0.3) is 0 Å². The molecule has 2 amide bonds. The van der Waals surface area contributed by atoms with Crippen LogP contribution in [0, 0.1) is 0 Å². The van der Waals surface area contributed by atoms with E-state index in [0.29, 0.717) is 16.2 Å². The molecule has 1 aromatic rings. The van der Waals surface area contributed by atoms with Crippen LogP contribution in [0.4, 0.5) is 5.13 Å². The molecule has 1 saturated heterocycles. The van der Waals surface area contributed by atoms with E-state index in [2.05, 4.69) is 4.98 Å². The van der Waals surface area contributed by atoms with Crippen molar-refractivity contribution in [1.82, 2.24) is 15.6 Å². The van der Waals surface area contributed by atoms with E-state index in [4.69, 9.17) is 11.5 Å². The molecule has 3 N–H and O–H groups in total. The summed E-state index contributed by atoms with van der Waals surface area (Å²) in [6.45, 7) is 0. The van der Waals surface area contributed by atoms with E-state index in [-0.39, 0.29) is 12.3 Å². The van der Waals surface area contributed by atoms with Gasteiger partial charge >= 0.3 is 0 Å². The first-order chi connectivity index (χ1) is 9.06. The fraction of sp³-hybridized carbons (Fsp3) is 0.364. The summed E-state index contributed by atoms with van der Waals surface area (Å²) in [6, 6.07) is 0. The number of thiazole rings is 1. The number of amides is 2. The van der Waals surface area contributed by atoms with Gasteiger partial charge in [-0.15, -0.1) is 23.1 Å². The smallest absolute Gasteiger partial charge is 0.244 e. The Kier molecular flexibility index (Phi) is 4.43. The van der Waals surface area contributed by atoms with E-state index in [1.54, 1.807) is 10.3 Å². The third-order valence-corrected chi connectivity index (χ3v) is 4.40. The summed E-state index contributed by atoms with van der Waals surface area (Å²) < 4.78 is 0. The van der Waals surface area contributed by atoms with Gasteiger partial charge in [0.15, 0.2) is 5.13 Å². The molecule has 1 radical (unpaired) electrons. The molecule has 3 heterocycles. The van der Waals surface area contributed by atoms with E-state index in [1.165, 1.54) is 11.3 Å². The minimum absolute atomic E-state index is 0.0632. The Balaban J connectivity index is 0.000000141. The molecule has 0 spiro atoms. The van der Waals surface area contributed by atoms with Crippen molar-refractivity contribution in [2.45, 2.75) is 18.2 Å². The number of rotatable bonds is 2. The lowest BCUT2D eigenvalue weighted by atomic mass is 10.2. The van der Waals surface area contributed by atoms with Crippen LogP contribution >= 0.6 is 23.1 Å². The third-order valence-electron chi connectivity index (χ3n) is 2.51. The number of nitrogen functional groups attached to an aromatic ring is 1. The fourth-order valence-electron chi connectivity index (χ4n) is 1.61. The van der Waals surface area contributed by atoms with Crippen molar-refractivity contribution < 1.29 is 9.59 Å². The van der Waals surface area contributed by atoms with E-state index < -0.39 is 5.91 Å². The molecule has 2 aliphatic heterocycles. The first-order valence-corrected chi connectivity index (χ1v) is 7.53. The van der Waals surface area contributed by atoms with Gasteiger partial charge in [-0.1, -0.05) is 6.08 Å². The van der Waals surface area contributed by atoms with Gasteiger partial charge in [0.1, 0.15) is 0 Å². The van der Waals surface area contributed by atoms with Crippen molar-refractivity contribution in [3.8, 4) is 0 Å². The van der Waals surface area contributed by atoms with Gasteiger partial charge in [0.05, 0.1) is 23.9 Å². The average molecular weight is 297 g/mol. The van der Waals surface area contributed by atoms with Crippen LogP contribution in [0.3, 0.4) is 0 Å². The van der Waals surface area contributed by atoms with Crippen LogP contribution in [0.5, 0.6) is 0 Å². The zero-order valence-electron chi connectivity index (χ0n) is 10.0. The SMILES string of the molecule is O=C1C[C@H]2SCC=CN12.[NH]C(=O)Cc1csc(N)n1. The van der Waals surface area contributed by atoms with Crippen molar-refractivity contribution in [3.05, 3.63) is 23.3 Å². The normalized spacial score (nSPS) is 20.1. The molecule has 0 bridgehead atoms. The predicted molar refractivity (Wildman–Crippen MR) is 75.2 cm³/mol. The maximum absolute atomic E-state index is 10.7. The van der Waals surface area contributed by atoms with Crippen LogP contribution < -0.4 is 11.5 Å². The number of nitrogens with one attached hydrogen (secondary N) is 1. The van der Waals surface area contributed by atoms with Gasteiger partial charge in [0.25, 0.3) is 0 Å². The van der Waals surface area contributed by atoms with Gasteiger partial charge in [-0.25, -0.2) is 4.98 Å². The van der Waals surface area contributed by atoms with Gasteiger partial charge in [0, 0.05) is 17.3 Å². The fourth-order valence-corrected chi connectivity index (χ4v) is 3.20. The molecule has 101 valence electrons. The summed E-state index contributed by atoms with van der Waals surface area (Å²) in [4.78, 5) is 26.5. The number of hydrogen-bond donors (Lipinski definition) is 1. The first-order valence-electron chi connectivity index (χ1n) is 5.60. The summed E-state index contributed by atoms with van der Waals surface area (Å²) in [7, 11) is 0. The lowest BCUT2D eigenvalue weighted by Crippen LogP contribution is -2.48. The molecule has 0 aromatic carbocycles. The van der Waals surface area contributed by atoms with Crippen LogP contribution in [0.2, 0.25) is 0 Å². The molecule has 8 heteroatoms. The monoisotopic (exact) mass is 297 g/mol. The maximum Gasteiger partial charge on any atom is 0.244 e. The Morgan fingerprint density at radius 1 is 1.63 bits per heavy atom. The number of hydrogen-bond acceptors (Lipinski definition) is 6. The number of aromatic nitrogens is 1. The number of anilines is 1. The molecule has 0 aliphatic carbocycles. The van der Waals surface area contributed by atoms with Gasteiger partial charge in [-0.3, -0.25) is 15.3 Å². The molecular formula is C11H13N4O2S2. The quantitative estimate of drug-likeness (QED) is 0.817. The summed E-state index contributed by atoms with van der Waals surface area (Å²) >= 11 is 3.11. The third kappa shape index (κ3) is 3.71. The number of carbonyl (C=O) groups is 2. The van der Waals surface area contributed by atoms with Gasteiger partial charge in [-0.2, -0.15) is 0 Å². The standard InChI is InChI=1S/C6H7NOS.C5H6N3OS/c8-5-4-6-7(5)2-1-3-9-6;6-4(9)1-3-2-10-5(7)8-3/h1-2,6H,3-4H2;2,6H,1H2,(H2,7,8)/t6-;/m1./s1. The Hall–Kier alpha value is -1.54. The van der Waals surface area contributed by atoms with Crippen molar-refractivity contribution >= 4 is 40.0 Å². The molecule has 2 aliphatic rings. The second-order valence-corrected chi connectivity index (χ2v) is 6.06. The number of carbonyl (C=O) groups excluding carboxylic acids is 2. The molecule has 6 nitrogen and oxygen atoms in total. The largest absolute Gasteiger partial charge is 0.375 e. The Labute approximate surface area is 118 Å². The Morgan fingerprint density at radius 3 is 2.89 bits per heavy atom. The minimum Gasteiger partial charge on any atom is -0.375 e. The minimum atomic E-state index is -0.634. The molecule has 0 saturated carbocycles. The van der Waals surface area contributed by atoms with Gasteiger partial charge in [-0.05, 0) is 0 Å². The Morgan fingerprint density at radius 2 is 2.42 bits per heavy atom. The second-order valence-electron chi connectivity index (χ2n) is 3.95. The van der Waals surface area contributed by atoms with Crippen LogP contribution in [0.15, 0.2) is 17.7 Å². The topological polar surface area (TPSA) is 100 Å². The number of β-lactam (4-membered cyclic amide) rings is 1. The zero-order chi connectivity index (χ0) is 13.8. The summed E-state index contributed by atoms with van der Waals surface area (Å²) in [6.07, 6.45) is 4.73. The number of nitrogens with zero attached hydrogens (tertiary/aromatic N) is 2. The highest BCUT2D eigenvalue weighted by atomic mass is 32.2. The van der Waals surface area contributed by atoms with Crippen LogP contribution in [-0.4, -0.2) is 32.8 Å². The Bertz CT molecular complexity index is 515. The lowest BCUT2D eigenvalue weighted by molar-refractivity contribution is -0.137. The van der Waals surface area contributed by atoms with Crippen LogP contribution in [-0.2, 0) is 16.0 Å². The van der Waals surface area contributed by atoms with Crippen molar-refractivity contribution in [2.24, 2.45) is 0 Å². The summed E-state index contributed by atoms with van der Waals surface area (Å²) in [5.41, 5.74) is 12.5. The molecule has 1 fully saturated rings. The maximum atomic E-state index is 10.7. The van der Waals surface area contributed by atoms with Crippen molar-refractivity contribution in [1.29, 1.82) is 0 Å². The van der Waals surface area contributed by atoms with E-state index in [0.717, 1.165) is 12.2 Å². The number of nitrogens with two attached hydrogens (primary N) is 1. The zero-order valence-corrected chi connectivity index (χ0v) is 11.7.